The number of nitrogens with one attached hydrogen (secondary N) is 1. The van der Waals surface area contributed by atoms with Crippen LogP contribution in [-0.4, -0.2) is 26.4 Å². The minimum Gasteiger partial charge on any atom is -0.485 e. The summed E-state index contributed by atoms with van der Waals surface area (Å²) < 4.78 is 10.6. The average Bonchev–Trinajstić information content (AvgIpc) is 2.37. The summed E-state index contributed by atoms with van der Waals surface area (Å²) >= 11 is 6.16. The number of hydrogen-bond acceptors (Lipinski definition) is 3. The van der Waals surface area contributed by atoms with Crippen LogP contribution >= 0.6 is 11.6 Å². The third-order valence-corrected chi connectivity index (χ3v) is 2.75. The SMILES string of the molecule is C=CC(C)Oc1ccc(CNCCOC)cc1Cl. The molecular weight excluding hydrogens is 250 g/mol. The van der Waals surface area contributed by atoms with Crippen LogP contribution in [0.2, 0.25) is 5.02 Å². The van der Waals surface area contributed by atoms with Crippen LogP contribution < -0.4 is 10.1 Å². The first-order chi connectivity index (χ1) is 8.67. The van der Waals surface area contributed by atoms with Crippen LogP contribution in [0, 0.1) is 0 Å². The Morgan fingerprint density at radius 2 is 2.28 bits per heavy atom. The fourth-order valence-corrected chi connectivity index (χ4v) is 1.65. The van der Waals surface area contributed by atoms with Gasteiger partial charge in [-0.1, -0.05) is 30.3 Å². The second-order valence-corrected chi connectivity index (χ2v) is 4.40. The Labute approximate surface area is 114 Å². The van der Waals surface area contributed by atoms with E-state index in [9.17, 15) is 0 Å². The molecule has 0 aliphatic rings. The summed E-state index contributed by atoms with van der Waals surface area (Å²) in [6.07, 6.45) is 1.68. The minimum atomic E-state index is -0.0480. The van der Waals surface area contributed by atoms with Crippen molar-refractivity contribution < 1.29 is 9.47 Å². The minimum absolute atomic E-state index is 0.0480. The van der Waals surface area contributed by atoms with Crippen molar-refractivity contribution in [2.24, 2.45) is 0 Å². The Bertz CT molecular complexity index is 382. The lowest BCUT2D eigenvalue weighted by atomic mass is 10.2. The highest BCUT2D eigenvalue weighted by Crippen LogP contribution is 2.26. The number of methoxy groups -OCH3 is 1. The molecule has 0 aliphatic heterocycles. The first kappa shape index (κ1) is 15.0. The number of benzene rings is 1. The van der Waals surface area contributed by atoms with Crippen molar-refractivity contribution in [3.05, 3.63) is 41.4 Å². The molecule has 3 nitrogen and oxygen atoms in total. The number of halogens is 1. The quantitative estimate of drug-likeness (QED) is 0.581. The van der Waals surface area contributed by atoms with Gasteiger partial charge in [-0.05, 0) is 24.6 Å². The second-order valence-electron chi connectivity index (χ2n) is 3.99. The highest BCUT2D eigenvalue weighted by Gasteiger charge is 2.05. The van der Waals surface area contributed by atoms with Crippen molar-refractivity contribution in [2.45, 2.75) is 19.6 Å². The van der Waals surface area contributed by atoms with Gasteiger partial charge in [-0.15, -0.1) is 0 Å². The molecule has 0 aliphatic carbocycles. The Balaban J connectivity index is 2.53. The molecule has 0 radical (unpaired) electrons. The lowest BCUT2D eigenvalue weighted by molar-refractivity contribution is 0.199. The van der Waals surface area contributed by atoms with Gasteiger partial charge in [-0.3, -0.25) is 0 Å². The van der Waals surface area contributed by atoms with Gasteiger partial charge in [0, 0.05) is 20.2 Å². The Morgan fingerprint density at radius 3 is 2.89 bits per heavy atom. The van der Waals surface area contributed by atoms with E-state index in [1.165, 1.54) is 0 Å². The van der Waals surface area contributed by atoms with Crippen LogP contribution in [0.1, 0.15) is 12.5 Å². The largest absolute Gasteiger partial charge is 0.485 e. The van der Waals surface area contributed by atoms with Gasteiger partial charge < -0.3 is 14.8 Å². The number of rotatable bonds is 8. The molecule has 0 heterocycles. The zero-order chi connectivity index (χ0) is 13.4. The van der Waals surface area contributed by atoms with E-state index < -0.39 is 0 Å². The van der Waals surface area contributed by atoms with Crippen molar-refractivity contribution in [2.75, 3.05) is 20.3 Å². The first-order valence-corrected chi connectivity index (χ1v) is 6.32. The van der Waals surface area contributed by atoms with Crippen molar-refractivity contribution in [3.8, 4) is 5.75 Å². The first-order valence-electron chi connectivity index (χ1n) is 5.94. The van der Waals surface area contributed by atoms with Gasteiger partial charge in [0.2, 0.25) is 0 Å². The molecule has 0 bridgehead atoms. The normalized spacial score (nSPS) is 12.2. The molecule has 1 N–H and O–H groups in total. The van der Waals surface area contributed by atoms with Crippen molar-refractivity contribution in [1.82, 2.24) is 5.32 Å². The number of hydrogen-bond donors (Lipinski definition) is 1. The van der Waals surface area contributed by atoms with Gasteiger partial charge in [0.25, 0.3) is 0 Å². The summed E-state index contributed by atoms with van der Waals surface area (Å²) in [5, 5.41) is 3.88. The maximum absolute atomic E-state index is 6.16. The Hall–Kier alpha value is -1.03. The zero-order valence-electron chi connectivity index (χ0n) is 10.9. The van der Waals surface area contributed by atoms with E-state index in [2.05, 4.69) is 11.9 Å². The van der Waals surface area contributed by atoms with Crippen LogP contribution in [0.25, 0.3) is 0 Å². The Kier molecular flexibility index (Phi) is 6.80. The van der Waals surface area contributed by atoms with E-state index >= 15 is 0 Å². The lowest BCUT2D eigenvalue weighted by Crippen LogP contribution is -2.18. The summed E-state index contributed by atoms with van der Waals surface area (Å²) in [7, 11) is 1.69. The molecule has 1 rings (SSSR count). The van der Waals surface area contributed by atoms with Gasteiger partial charge in [0.15, 0.2) is 0 Å². The summed E-state index contributed by atoms with van der Waals surface area (Å²) in [4.78, 5) is 0. The standard InChI is InChI=1S/C14H20ClNO2/c1-4-11(2)18-14-6-5-12(9-13(14)15)10-16-7-8-17-3/h4-6,9,11,16H,1,7-8,10H2,2-3H3. The highest BCUT2D eigenvalue weighted by atomic mass is 35.5. The molecule has 100 valence electrons. The molecule has 0 spiro atoms. The van der Waals surface area contributed by atoms with Crippen molar-refractivity contribution >= 4 is 11.6 Å². The van der Waals surface area contributed by atoms with E-state index in [0.717, 1.165) is 18.7 Å². The summed E-state index contributed by atoms with van der Waals surface area (Å²) in [5.41, 5.74) is 1.12. The van der Waals surface area contributed by atoms with Crippen LogP contribution in [0.4, 0.5) is 0 Å². The molecule has 0 saturated heterocycles. The second kappa shape index (κ2) is 8.14. The van der Waals surface area contributed by atoms with E-state index in [0.29, 0.717) is 17.4 Å². The third kappa shape index (κ3) is 5.08. The fraction of sp³-hybridized carbons (Fsp3) is 0.429. The summed E-state index contributed by atoms with van der Waals surface area (Å²) in [5.74, 6) is 0.685. The monoisotopic (exact) mass is 269 g/mol. The molecule has 1 aromatic carbocycles. The van der Waals surface area contributed by atoms with Crippen LogP contribution in [-0.2, 0) is 11.3 Å². The predicted octanol–water partition coefficient (Wildman–Crippen LogP) is 3.03. The van der Waals surface area contributed by atoms with Gasteiger partial charge in [0.1, 0.15) is 11.9 Å². The maximum Gasteiger partial charge on any atom is 0.138 e. The zero-order valence-corrected chi connectivity index (χ0v) is 11.7. The highest BCUT2D eigenvalue weighted by molar-refractivity contribution is 6.32. The average molecular weight is 270 g/mol. The molecule has 0 amide bonds. The third-order valence-electron chi connectivity index (χ3n) is 2.45. The summed E-state index contributed by atoms with van der Waals surface area (Å²) in [6, 6.07) is 5.79. The summed E-state index contributed by atoms with van der Waals surface area (Å²) in [6.45, 7) is 7.88. The van der Waals surface area contributed by atoms with Crippen molar-refractivity contribution in [3.63, 3.8) is 0 Å². The van der Waals surface area contributed by atoms with Gasteiger partial charge in [-0.2, -0.15) is 0 Å². The van der Waals surface area contributed by atoms with Crippen LogP contribution in [0.15, 0.2) is 30.9 Å². The fourth-order valence-electron chi connectivity index (χ4n) is 1.41. The topological polar surface area (TPSA) is 30.5 Å². The van der Waals surface area contributed by atoms with E-state index in [1.54, 1.807) is 13.2 Å². The van der Waals surface area contributed by atoms with Gasteiger partial charge in [-0.25, -0.2) is 0 Å². The molecule has 0 saturated carbocycles. The number of ether oxygens (including phenoxy) is 2. The Morgan fingerprint density at radius 1 is 1.50 bits per heavy atom. The van der Waals surface area contributed by atoms with E-state index in [4.69, 9.17) is 21.1 Å². The molecule has 18 heavy (non-hydrogen) atoms. The molecule has 4 heteroatoms. The molecular formula is C14H20ClNO2. The molecule has 1 atom stereocenters. The van der Waals surface area contributed by atoms with E-state index in [-0.39, 0.29) is 6.10 Å². The van der Waals surface area contributed by atoms with Crippen LogP contribution in [0.5, 0.6) is 5.75 Å². The molecule has 1 aromatic rings. The maximum atomic E-state index is 6.16. The smallest absolute Gasteiger partial charge is 0.138 e. The predicted molar refractivity (Wildman–Crippen MR) is 75.3 cm³/mol. The van der Waals surface area contributed by atoms with Gasteiger partial charge in [0.05, 0.1) is 11.6 Å². The van der Waals surface area contributed by atoms with E-state index in [1.807, 2.05) is 25.1 Å². The van der Waals surface area contributed by atoms with Gasteiger partial charge >= 0.3 is 0 Å². The molecule has 0 aromatic heterocycles. The lowest BCUT2D eigenvalue weighted by Gasteiger charge is -2.13. The van der Waals surface area contributed by atoms with Crippen LogP contribution in [0.3, 0.4) is 0 Å². The molecule has 1 unspecified atom stereocenters. The van der Waals surface area contributed by atoms with Crippen molar-refractivity contribution in [1.29, 1.82) is 0 Å². The molecule has 0 fully saturated rings.